The molecule has 0 fully saturated rings. The van der Waals surface area contributed by atoms with Gasteiger partial charge in [-0.2, -0.15) is 9.78 Å². The number of H-pyrrole nitrogens is 1. The highest BCUT2D eigenvalue weighted by Gasteiger charge is 2.21. The van der Waals surface area contributed by atoms with Gasteiger partial charge in [-0.15, -0.1) is 11.3 Å². The molecule has 160 valence electrons. The molecule has 0 saturated heterocycles. The Labute approximate surface area is 180 Å². The lowest BCUT2D eigenvalue weighted by Crippen LogP contribution is -2.25. The van der Waals surface area contributed by atoms with Crippen LogP contribution < -0.4 is 10.9 Å². The Morgan fingerprint density at radius 3 is 2.57 bits per heavy atom. The standard InChI is InChI=1S/C22H29N5O2S/c1-5-9-15(10-6-2)20(28)24-19-13-17(18-11-8-12-30-18)26-27(19)22-23-14(4)16(7-3)21(29)25-22/h8,11-13,15H,5-7,9-10H2,1-4H3,(H,24,28)(H,23,25,29). The van der Waals surface area contributed by atoms with Crippen molar-refractivity contribution < 1.29 is 4.79 Å². The normalized spacial score (nSPS) is 11.2. The predicted molar refractivity (Wildman–Crippen MR) is 121 cm³/mol. The summed E-state index contributed by atoms with van der Waals surface area (Å²) in [6.45, 7) is 7.91. The first-order chi connectivity index (χ1) is 14.5. The Balaban J connectivity index is 2.04. The summed E-state index contributed by atoms with van der Waals surface area (Å²) in [6, 6.07) is 5.76. The van der Waals surface area contributed by atoms with E-state index in [1.165, 1.54) is 4.68 Å². The molecule has 3 heterocycles. The van der Waals surface area contributed by atoms with Crippen LogP contribution in [0.1, 0.15) is 57.7 Å². The van der Waals surface area contributed by atoms with Gasteiger partial charge in [0.25, 0.3) is 5.56 Å². The van der Waals surface area contributed by atoms with Crippen LogP contribution in [0, 0.1) is 12.8 Å². The minimum absolute atomic E-state index is 0.0261. The number of anilines is 1. The molecule has 0 aromatic carbocycles. The molecule has 0 aliphatic rings. The molecule has 7 nitrogen and oxygen atoms in total. The molecule has 8 heteroatoms. The molecule has 0 aliphatic carbocycles. The molecule has 3 rings (SSSR count). The van der Waals surface area contributed by atoms with Crippen molar-refractivity contribution in [2.24, 2.45) is 5.92 Å². The number of hydrogen-bond donors (Lipinski definition) is 2. The third-order valence-corrected chi connectivity index (χ3v) is 6.04. The van der Waals surface area contributed by atoms with E-state index in [9.17, 15) is 9.59 Å². The van der Waals surface area contributed by atoms with E-state index in [0.717, 1.165) is 36.3 Å². The van der Waals surface area contributed by atoms with Crippen LogP contribution >= 0.6 is 11.3 Å². The van der Waals surface area contributed by atoms with E-state index in [-0.39, 0.29) is 17.4 Å². The summed E-state index contributed by atoms with van der Waals surface area (Å²) in [4.78, 5) is 33.8. The molecule has 0 saturated carbocycles. The van der Waals surface area contributed by atoms with Crippen LogP contribution in [-0.2, 0) is 11.2 Å². The fourth-order valence-corrected chi connectivity index (χ4v) is 4.30. The highest BCUT2D eigenvalue weighted by molar-refractivity contribution is 7.13. The molecule has 3 aromatic rings. The van der Waals surface area contributed by atoms with Crippen LogP contribution in [0.25, 0.3) is 16.5 Å². The maximum Gasteiger partial charge on any atom is 0.255 e. The van der Waals surface area contributed by atoms with Gasteiger partial charge >= 0.3 is 0 Å². The zero-order valence-corrected chi connectivity index (χ0v) is 18.8. The first-order valence-corrected chi connectivity index (χ1v) is 11.4. The Morgan fingerprint density at radius 2 is 2.00 bits per heavy atom. The molecule has 3 aromatic heterocycles. The summed E-state index contributed by atoms with van der Waals surface area (Å²) >= 11 is 1.57. The topological polar surface area (TPSA) is 92.7 Å². The zero-order chi connectivity index (χ0) is 21.7. The van der Waals surface area contributed by atoms with Gasteiger partial charge in [-0.3, -0.25) is 14.6 Å². The maximum absolute atomic E-state index is 13.0. The number of aryl methyl sites for hydroxylation is 1. The van der Waals surface area contributed by atoms with E-state index in [1.54, 1.807) is 11.3 Å². The largest absolute Gasteiger partial charge is 0.310 e. The monoisotopic (exact) mass is 427 g/mol. The predicted octanol–water partition coefficient (Wildman–Crippen LogP) is 4.71. The molecule has 0 bridgehead atoms. The van der Waals surface area contributed by atoms with Crippen LogP contribution in [0.4, 0.5) is 5.82 Å². The highest BCUT2D eigenvalue weighted by Crippen LogP contribution is 2.28. The summed E-state index contributed by atoms with van der Waals surface area (Å²) in [5, 5.41) is 9.66. The number of amides is 1. The van der Waals surface area contributed by atoms with Crippen molar-refractivity contribution in [1.29, 1.82) is 0 Å². The molecule has 30 heavy (non-hydrogen) atoms. The Morgan fingerprint density at radius 1 is 1.27 bits per heavy atom. The number of carbonyl (C=O) groups is 1. The third-order valence-electron chi connectivity index (χ3n) is 5.14. The van der Waals surface area contributed by atoms with Gasteiger partial charge in [-0.1, -0.05) is 39.7 Å². The summed E-state index contributed by atoms with van der Waals surface area (Å²) < 4.78 is 1.52. The van der Waals surface area contributed by atoms with Crippen LogP contribution in [0.2, 0.25) is 0 Å². The molecule has 0 atom stereocenters. The molecule has 0 spiro atoms. The molecular weight excluding hydrogens is 398 g/mol. The lowest BCUT2D eigenvalue weighted by Gasteiger charge is -2.16. The van der Waals surface area contributed by atoms with Crippen molar-refractivity contribution in [3.63, 3.8) is 0 Å². The van der Waals surface area contributed by atoms with Gasteiger partial charge < -0.3 is 5.32 Å². The van der Waals surface area contributed by atoms with Gasteiger partial charge in [0.15, 0.2) is 0 Å². The maximum atomic E-state index is 13.0. The highest BCUT2D eigenvalue weighted by atomic mass is 32.1. The molecule has 0 unspecified atom stereocenters. The number of aromatic nitrogens is 4. The van der Waals surface area contributed by atoms with Gasteiger partial charge in [0.1, 0.15) is 11.5 Å². The van der Waals surface area contributed by atoms with Crippen LogP contribution in [-0.4, -0.2) is 25.7 Å². The summed E-state index contributed by atoms with van der Waals surface area (Å²) in [6.07, 6.45) is 4.18. The van der Waals surface area contributed by atoms with Gasteiger partial charge in [0.2, 0.25) is 11.9 Å². The van der Waals surface area contributed by atoms with E-state index >= 15 is 0 Å². The van der Waals surface area contributed by atoms with Crippen molar-refractivity contribution in [1.82, 2.24) is 19.7 Å². The first kappa shape index (κ1) is 22.0. The van der Waals surface area contributed by atoms with Crippen molar-refractivity contribution in [2.75, 3.05) is 5.32 Å². The second-order valence-corrected chi connectivity index (χ2v) is 8.32. The number of thiophene rings is 1. The first-order valence-electron chi connectivity index (χ1n) is 10.5. The van der Waals surface area contributed by atoms with Crippen molar-refractivity contribution in [3.8, 4) is 16.5 Å². The Bertz CT molecular complexity index is 1050. The average Bonchev–Trinajstić information content (AvgIpc) is 3.37. The van der Waals surface area contributed by atoms with Gasteiger partial charge in [-0.05, 0) is 37.6 Å². The van der Waals surface area contributed by atoms with E-state index < -0.39 is 0 Å². The van der Waals surface area contributed by atoms with Crippen LogP contribution in [0.15, 0.2) is 28.4 Å². The number of nitrogens with zero attached hydrogens (tertiary/aromatic N) is 3. The molecule has 2 N–H and O–H groups in total. The van der Waals surface area contributed by atoms with Crippen molar-refractivity contribution in [3.05, 3.63) is 45.2 Å². The Hall–Kier alpha value is -2.74. The van der Waals surface area contributed by atoms with Crippen molar-refractivity contribution >= 4 is 23.1 Å². The summed E-state index contributed by atoms with van der Waals surface area (Å²) in [5.74, 6) is 0.731. The third kappa shape index (κ3) is 4.70. The summed E-state index contributed by atoms with van der Waals surface area (Å²) in [5.41, 5.74) is 1.86. The van der Waals surface area contributed by atoms with E-state index in [1.807, 2.05) is 37.4 Å². The van der Waals surface area contributed by atoms with E-state index in [2.05, 4.69) is 34.2 Å². The number of hydrogen-bond acceptors (Lipinski definition) is 5. The molecular formula is C22H29N5O2S. The number of rotatable bonds is 9. The smallest absolute Gasteiger partial charge is 0.255 e. The number of aromatic amines is 1. The lowest BCUT2D eigenvalue weighted by atomic mass is 9.97. The minimum atomic E-state index is -0.180. The zero-order valence-electron chi connectivity index (χ0n) is 18.0. The number of carbonyl (C=O) groups excluding carboxylic acids is 1. The second-order valence-electron chi connectivity index (χ2n) is 7.37. The van der Waals surface area contributed by atoms with Crippen LogP contribution in [0.3, 0.4) is 0 Å². The SMILES string of the molecule is CCCC(CCC)C(=O)Nc1cc(-c2cccs2)nn1-c1nc(C)c(CC)c(=O)[nH]1. The average molecular weight is 428 g/mol. The summed E-state index contributed by atoms with van der Waals surface area (Å²) in [7, 11) is 0. The van der Waals surface area contributed by atoms with E-state index in [4.69, 9.17) is 0 Å². The van der Waals surface area contributed by atoms with Crippen LogP contribution in [0.5, 0.6) is 0 Å². The van der Waals surface area contributed by atoms with Gasteiger partial charge in [-0.25, -0.2) is 4.98 Å². The van der Waals surface area contributed by atoms with Crippen molar-refractivity contribution in [2.45, 2.75) is 59.8 Å². The number of nitrogens with one attached hydrogen (secondary N) is 2. The Kier molecular flexibility index (Phi) is 7.20. The second kappa shape index (κ2) is 9.84. The van der Waals surface area contributed by atoms with E-state index in [0.29, 0.717) is 29.4 Å². The fraction of sp³-hybridized carbons (Fsp3) is 0.455. The lowest BCUT2D eigenvalue weighted by molar-refractivity contribution is -0.120. The van der Waals surface area contributed by atoms with Gasteiger partial charge in [0.05, 0.1) is 4.88 Å². The minimum Gasteiger partial charge on any atom is -0.310 e. The molecule has 1 amide bonds. The fourth-order valence-electron chi connectivity index (χ4n) is 3.62. The van der Waals surface area contributed by atoms with Gasteiger partial charge in [0, 0.05) is 23.2 Å². The quantitative estimate of drug-likeness (QED) is 0.517. The molecule has 0 aliphatic heterocycles. The molecule has 0 radical (unpaired) electrons.